The summed E-state index contributed by atoms with van der Waals surface area (Å²) in [6.45, 7) is 9.96. The van der Waals surface area contributed by atoms with Crippen LogP contribution >= 0.6 is 0 Å². The van der Waals surface area contributed by atoms with Gasteiger partial charge in [-0.2, -0.15) is 4.98 Å². The van der Waals surface area contributed by atoms with Gasteiger partial charge in [0.25, 0.3) is 10.0 Å². The Bertz CT molecular complexity index is 1930. The molecule has 6 rings (SSSR count). The highest BCUT2D eigenvalue weighted by Crippen LogP contribution is 2.31. The van der Waals surface area contributed by atoms with Gasteiger partial charge < -0.3 is 9.47 Å². The summed E-state index contributed by atoms with van der Waals surface area (Å²) < 4.78 is 42.4. The Balaban J connectivity index is 1.37. The first-order valence-corrected chi connectivity index (χ1v) is 17.4. The second kappa shape index (κ2) is 13.9. The molecule has 8 nitrogen and oxygen atoms in total. The van der Waals surface area contributed by atoms with Crippen LogP contribution in [0.3, 0.4) is 0 Å². The van der Waals surface area contributed by atoms with Crippen molar-refractivity contribution in [3.05, 3.63) is 125 Å². The van der Waals surface area contributed by atoms with Gasteiger partial charge in [0.05, 0.1) is 10.6 Å². The highest BCUT2D eigenvalue weighted by Gasteiger charge is 2.25. The van der Waals surface area contributed by atoms with E-state index in [0.29, 0.717) is 37.2 Å². The molecule has 0 saturated carbocycles. The summed E-state index contributed by atoms with van der Waals surface area (Å²) in [7, 11) is -3.98. The highest BCUT2D eigenvalue weighted by atomic mass is 32.2. The van der Waals surface area contributed by atoms with E-state index in [1.165, 1.54) is 0 Å². The molecule has 0 spiro atoms. The predicted octanol–water partition coefficient (Wildman–Crippen LogP) is 8.16. The van der Waals surface area contributed by atoms with Crippen LogP contribution in [-0.2, 0) is 23.1 Å². The fourth-order valence-corrected chi connectivity index (χ4v) is 7.01. The third kappa shape index (κ3) is 7.99. The Morgan fingerprint density at radius 3 is 2.30 bits per heavy atom. The van der Waals surface area contributed by atoms with Gasteiger partial charge in [0.15, 0.2) is 0 Å². The van der Waals surface area contributed by atoms with E-state index in [-0.39, 0.29) is 16.9 Å². The van der Waals surface area contributed by atoms with Crippen LogP contribution in [0.5, 0.6) is 17.4 Å². The molecule has 0 fully saturated rings. The quantitative estimate of drug-likeness (QED) is 0.190. The van der Waals surface area contributed by atoms with E-state index in [9.17, 15) is 8.42 Å². The first kappa shape index (κ1) is 32.2. The second-order valence-corrected chi connectivity index (χ2v) is 14.2. The summed E-state index contributed by atoms with van der Waals surface area (Å²) in [5.41, 5.74) is 5.56. The molecular formula is C38H40N4O4S. The topological polar surface area (TPSA) is 93.7 Å². The van der Waals surface area contributed by atoms with E-state index in [2.05, 4.69) is 45.6 Å². The van der Waals surface area contributed by atoms with Crippen LogP contribution in [0.2, 0.25) is 0 Å². The smallest absolute Gasteiger partial charge is 0.264 e. The van der Waals surface area contributed by atoms with Gasteiger partial charge in [-0.25, -0.2) is 18.1 Å². The first-order chi connectivity index (χ1) is 22.6. The number of aromatic nitrogens is 2. The molecule has 1 aliphatic heterocycles. The number of sulfonamides is 1. The number of fused-ring (bicyclic) bond motifs is 4. The molecule has 5 aromatic rings. The van der Waals surface area contributed by atoms with Crippen molar-refractivity contribution in [1.29, 1.82) is 0 Å². The van der Waals surface area contributed by atoms with Crippen LogP contribution in [0.25, 0.3) is 11.3 Å². The molecule has 9 heteroatoms. The fourth-order valence-electron chi connectivity index (χ4n) is 6.00. The van der Waals surface area contributed by atoms with Gasteiger partial charge in [-0.1, -0.05) is 74.5 Å². The Morgan fingerprint density at radius 2 is 1.57 bits per heavy atom. The Kier molecular flexibility index (Phi) is 9.56. The number of rotatable bonds is 7. The maximum absolute atomic E-state index is 13.6. The Morgan fingerprint density at radius 1 is 0.872 bits per heavy atom. The lowest BCUT2D eigenvalue weighted by atomic mass is 10.00. The lowest BCUT2D eigenvalue weighted by Crippen LogP contribution is -2.39. The zero-order valence-corrected chi connectivity index (χ0v) is 28.0. The van der Waals surface area contributed by atoms with Crippen molar-refractivity contribution in [2.45, 2.75) is 58.1 Å². The Labute approximate surface area is 277 Å². The van der Waals surface area contributed by atoms with E-state index in [0.717, 1.165) is 45.7 Å². The van der Waals surface area contributed by atoms with Gasteiger partial charge >= 0.3 is 0 Å². The van der Waals surface area contributed by atoms with Crippen molar-refractivity contribution in [3.8, 4) is 28.6 Å². The molecule has 1 aromatic heterocycles. The summed E-state index contributed by atoms with van der Waals surface area (Å²) in [6, 6.07) is 32.7. The van der Waals surface area contributed by atoms with Crippen molar-refractivity contribution >= 4 is 16.0 Å². The fraction of sp³-hybridized carbons (Fsp3) is 0.263. The lowest BCUT2D eigenvalue weighted by Gasteiger charge is -2.33. The van der Waals surface area contributed by atoms with Gasteiger partial charge in [0.1, 0.15) is 18.1 Å². The van der Waals surface area contributed by atoms with Gasteiger partial charge in [-0.3, -0.25) is 4.90 Å². The van der Waals surface area contributed by atoms with Crippen LogP contribution in [0.4, 0.5) is 5.95 Å². The van der Waals surface area contributed by atoms with E-state index in [1.807, 2.05) is 80.6 Å². The van der Waals surface area contributed by atoms with Gasteiger partial charge in [0.2, 0.25) is 11.8 Å². The largest absolute Gasteiger partial charge is 0.476 e. The molecule has 242 valence electrons. The molecule has 4 aromatic carbocycles. The molecule has 2 heterocycles. The van der Waals surface area contributed by atoms with Gasteiger partial charge in [-0.15, -0.1) is 0 Å². The SMILES string of the molecule is Cc1cccc(C)c1-c1cc2nc(n1)NS(=O)(=O)c1cccc(c1)CN(Cc1ccc(Oc3ccccc3)cc1)[C@H](CC(C)C)CO2. The minimum atomic E-state index is -3.98. The molecule has 0 radical (unpaired) electrons. The maximum Gasteiger partial charge on any atom is 0.264 e. The second-order valence-electron chi connectivity index (χ2n) is 12.5. The van der Waals surface area contributed by atoms with E-state index < -0.39 is 10.0 Å². The molecule has 47 heavy (non-hydrogen) atoms. The molecule has 0 unspecified atom stereocenters. The van der Waals surface area contributed by atoms with Crippen LogP contribution < -0.4 is 14.2 Å². The van der Waals surface area contributed by atoms with Crippen LogP contribution in [0, 0.1) is 19.8 Å². The van der Waals surface area contributed by atoms with Crippen molar-refractivity contribution in [2.75, 3.05) is 11.3 Å². The predicted molar refractivity (Wildman–Crippen MR) is 185 cm³/mol. The zero-order valence-electron chi connectivity index (χ0n) is 27.2. The molecule has 0 aliphatic carbocycles. The number of aryl methyl sites for hydroxylation is 2. The summed E-state index contributed by atoms with van der Waals surface area (Å²) in [5, 5.41) is 0. The number of anilines is 1. The number of benzene rings is 4. The summed E-state index contributed by atoms with van der Waals surface area (Å²) >= 11 is 0. The summed E-state index contributed by atoms with van der Waals surface area (Å²) in [6.07, 6.45) is 0.868. The standard InChI is InChI=1S/C38H40N4O4S/c1-26(2)20-31-25-45-36-22-35(37-27(3)10-8-11-28(37)4)39-38(40-36)41-47(43,44)34-15-9-12-30(21-34)24-42(31)23-29-16-18-33(19-17-29)46-32-13-6-5-7-14-32/h5-19,21-22,26,31H,20,23-25H2,1-4H3,(H,39,40,41)/t31-/m1/s1. The average Bonchev–Trinajstić information content (AvgIpc) is 3.04. The third-order valence-corrected chi connectivity index (χ3v) is 9.56. The first-order valence-electron chi connectivity index (χ1n) is 15.9. The van der Waals surface area contributed by atoms with Crippen molar-refractivity contribution in [1.82, 2.24) is 14.9 Å². The molecule has 1 N–H and O–H groups in total. The number of nitrogens with zero attached hydrogens (tertiary/aromatic N) is 3. The van der Waals surface area contributed by atoms with E-state index in [1.54, 1.807) is 24.3 Å². The van der Waals surface area contributed by atoms with Crippen molar-refractivity contribution in [3.63, 3.8) is 0 Å². The third-order valence-electron chi connectivity index (χ3n) is 8.23. The zero-order chi connectivity index (χ0) is 33.0. The van der Waals surface area contributed by atoms with E-state index in [4.69, 9.17) is 9.47 Å². The molecule has 4 bridgehead atoms. The number of nitrogens with one attached hydrogen (secondary N) is 1. The molecule has 0 amide bonds. The summed E-state index contributed by atoms with van der Waals surface area (Å²) in [5.74, 6) is 2.23. The van der Waals surface area contributed by atoms with Gasteiger partial charge in [-0.05, 0) is 84.8 Å². The number of para-hydroxylation sites is 1. The molecule has 0 saturated heterocycles. The van der Waals surface area contributed by atoms with Crippen LogP contribution in [0.15, 0.2) is 108 Å². The number of ether oxygens (including phenoxy) is 2. The summed E-state index contributed by atoms with van der Waals surface area (Å²) in [4.78, 5) is 11.7. The van der Waals surface area contributed by atoms with Crippen LogP contribution in [-0.4, -0.2) is 35.9 Å². The molecule has 1 atom stereocenters. The minimum Gasteiger partial charge on any atom is -0.476 e. The lowest BCUT2D eigenvalue weighted by molar-refractivity contribution is 0.102. The molecule has 1 aliphatic rings. The Hall–Kier alpha value is -4.73. The molecular weight excluding hydrogens is 609 g/mol. The number of hydrogen-bond donors (Lipinski definition) is 1. The van der Waals surface area contributed by atoms with Gasteiger partial charge in [0, 0.05) is 30.8 Å². The van der Waals surface area contributed by atoms with Crippen molar-refractivity contribution < 1.29 is 17.9 Å². The van der Waals surface area contributed by atoms with Crippen molar-refractivity contribution in [2.24, 2.45) is 5.92 Å². The minimum absolute atomic E-state index is 0.00582. The maximum atomic E-state index is 13.6. The highest BCUT2D eigenvalue weighted by molar-refractivity contribution is 7.92. The average molecular weight is 649 g/mol. The van der Waals surface area contributed by atoms with Crippen LogP contribution in [0.1, 0.15) is 42.5 Å². The monoisotopic (exact) mass is 648 g/mol. The van der Waals surface area contributed by atoms with E-state index >= 15 is 0 Å². The normalized spacial score (nSPS) is 16.2. The number of hydrogen-bond acceptors (Lipinski definition) is 7.